The van der Waals surface area contributed by atoms with Crippen LogP contribution in [0.3, 0.4) is 0 Å². The number of carbonyl (C=O) groups excluding carboxylic acids is 1. The first kappa shape index (κ1) is 24.3. The molecule has 0 bridgehead atoms. The fourth-order valence-electron chi connectivity index (χ4n) is 3.86. The molecule has 1 aromatic carbocycles. The van der Waals surface area contributed by atoms with E-state index < -0.39 is 17.7 Å². The van der Waals surface area contributed by atoms with Gasteiger partial charge in [-0.05, 0) is 62.8 Å². The van der Waals surface area contributed by atoms with Crippen LogP contribution in [0.15, 0.2) is 24.3 Å². The van der Waals surface area contributed by atoms with E-state index in [1.807, 2.05) is 20.8 Å². The Labute approximate surface area is 178 Å². The number of carbonyl (C=O) groups is 2. The molecular formula is C23H35FN2O4. The summed E-state index contributed by atoms with van der Waals surface area (Å²) in [6.07, 6.45) is 2.20. The Morgan fingerprint density at radius 2 is 1.83 bits per heavy atom. The summed E-state index contributed by atoms with van der Waals surface area (Å²) in [6.45, 7) is 7.43. The minimum absolute atomic E-state index is 0.0989. The first-order valence-corrected chi connectivity index (χ1v) is 10.9. The van der Waals surface area contributed by atoms with Crippen LogP contribution < -0.4 is 10.6 Å². The van der Waals surface area contributed by atoms with E-state index in [0.717, 1.165) is 12.0 Å². The maximum atomic E-state index is 13.9. The van der Waals surface area contributed by atoms with E-state index in [1.54, 1.807) is 12.1 Å². The highest BCUT2D eigenvalue weighted by atomic mass is 19.1. The van der Waals surface area contributed by atoms with E-state index in [9.17, 15) is 14.0 Å². The molecule has 6 nitrogen and oxygen atoms in total. The Hall–Kier alpha value is -1.99. The number of hydrogen-bond donors (Lipinski definition) is 3. The lowest BCUT2D eigenvalue weighted by atomic mass is 9.87. The molecule has 7 heteroatoms. The van der Waals surface area contributed by atoms with E-state index in [2.05, 4.69) is 10.6 Å². The normalized spacial score (nSPS) is 18.9. The predicted molar refractivity (Wildman–Crippen MR) is 114 cm³/mol. The lowest BCUT2D eigenvalue weighted by molar-refractivity contribution is -0.132. The monoisotopic (exact) mass is 422 g/mol. The molecule has 168 valence electrons. The second kappa shape index (κ2) is 11.4. The average Bonchev–Trinajstić information content (AvgIpc) is 2.73. The smallest absolute Gasteiger partial charge is 0.335 e. The van der Waals surface area contributed by atoms with Crippen LogP contribution in [0.5, 0.6) is 0 Å². The molecule has 1 heterocycles. The van der Waals surface area contributed by atoms with Gasteiger partial charge in [-0.15, -0.1) is 0 Å². The summed E-state index contributed by atoms with van der Waals surface area (Å²) in [4.78, 5) is 24.2. The molecule has 3 atom stereocenters. The van der Waals surface area contributed by atoms with Gasteiger partial charge in [0, 0.05) is 13.2 Å². The van der Waals surface area contributed by atoms with Gasteiger partial charge in [0.25, 0.3) is 0 Å². The molecule has 2 unspecified atom stereocenters. The number of hydrogen-bond acceptors (Lipinski definition) is 4. The number of carboxylic acid groups (broad SMARTS) is 1. The van der Waals surface area contributed by atoms with Gasteiger partial charge in [0.15, 0.2) is 0 Å². The van der Waals surface area contributed by atoms with Crippen LogP contribution in [0.2, 0.25) is 0 Å². The Balaban J connectivity index is 2.00. The van der Waals surface area contributed by atoms with Crippen LogP contribution in [-0.4, -0.2) is 48.5 Å². The van der Waals surface area contributed by atoms with Crippen LogP contribution in [0.1, 0.15) is 74.8 Å². The molecule has 1 amide bonds. The zero-order valence-corrected chi connectivity index (χ0v) is 18.2. The Kier molecular flexibility index (Phi) is 9.24. The lowest BCUT2D eigenvalue weighted by Gasteiger charge is -2.38. The molecule has 0 saturated carbocycles. The Morgan fingerprint density at radius 1 is 1.20 bits per heavy atom. The van der Waals surface area contributed by atoms with Gasteiger partial charge in [0.05, 0.1) is 11.6 Å². The fourth-order valence-corrected chi connectivity index (χ4v) is 3.86. The van der Waals surface area contributed by atoms with Crippen LogP contribution in [0, 0.1) is 5.92 Å². The highest BCUT2D eigenvalue weighted by Crippen LogP contribution is 2.24. The van der Waals surface area contributed by atoms with Crippen molar-refractivity contribution in [1.82, 2.24) is 10.6 Å². The van der Waals surface area contributed by atoms with Crippen LogP contribution in [-0.2, 0) is 9.53 Å². The van der Waals surface area contributed by atoms with Crippen molar-refractivity contribution < 1.29 is 23.8 Å². The second-order valence-corrected chi connectivity index (χ2v) is 8.42. The van der Waals surface area contributed by atoms with Crippen molar-refractivity contribution in [2.24, 2.45) is 5.92 Å². The van der Waals surface area contributed by atoms with Crippen molar-refractivity contribution in [1.29, 1.82) is 0 Å². The summed E-state index contributed by atoms with van der Waals surface area (Å²) < 4.78 is 19.4. The minimum atomic E-state index is -0.979. The minimum Gasteiger partial charge on any atom is -0.478 e. The van der Waals surface area contributed by atoms with Crippen LogP contribution in [0.4, 0.5) is 4.39 Å². The topological polar surface area (TPSA) is 87.7 Å². The maximum absolute atomic E-state index is 13.9. The molecule has 2 rings (SSSR count). The molecule has 1 aromatic rings. The summed E-state index contributed by atoms with van der Waals surface area (Å²) in [5.41, 5.74) is 0.310. The molecule has 1 aliphatic rings. The SMILES string of the molecule is CCCC(F)CC(C)CNC1(C(=O)N[C@@H](C)c2ccc(C(=O)O)cc2)CCOCC1. The number of benzene rings is 1. The average molecular weight is 423 g/mol. The highest BCUT2D eigenvalue weighted by Gasteiger charge is 2.40. The van der Waals surface area contributed by atoms with Crippen molar-refractivity contribution in [3.8, 4) is 0 Å². The summed E-state index contributed by atoms with van der Waals surface area (Å²) in [6, 6.07) is 6.24. The fraction of sp³-hybridized carbons (Fsp3) is 0.652. The van der Waals surface area contributed by atoms with Crippen LogP contribution >= 0.6 is 0 Å². The molecule has 3 N–H and O–H groups in total. The van der Waals surface area contributed by atoms with Crippen molar-refractivity contribution in [3.63, 3.8) is 0 Å². The van der Waals surface area contributed by atoms with Gasteiger partial charge < -0.3 is 20.5 Å². The second-order valence-electron chi connectivity index (χ2n) is 8.42. The highest BCUT2D eigenvalue weighted by molar-refractivity contribution is 5.88. The van der Waals surface area contributed by atoms with E-state index in [4.69, 9.17) is 9.84 Å². The largest absolute Gasteiger partial charge is 0.478 e. The molecule has 0 radical (unpaired) electrons. The van der Waals surface area contributed by atoms with Crippen molar-refractivity contribution in [2.45, 2.75) is 70.6 Å². The van der Waals surface area contributed by atoms with E-state index in [1.165, 1.54) is 12.1 Å². The molecule has 0 aliphatic carbocycles. The van der Waals surface area contributed by atoms with Gasteiger partial charge >= 0.3 is 5.97 Å². The predicted octanol–water partition coefficient (Wildman–Crippen LogP) is 3.87. The molecule has 0 aromatic heterocycles. The lowest BCUT2D eigenvalue weighted by Crippen LogP contribution is -2.60. The molecule has 1 fully saturated rings. The number of amides is 1. The quantitative estimate of drug-likeness (QED) is 0.504. The van der Waals surface area contributed by atoms with E-state index in [0.29, 0.717) is 45.4 Å². The van der Waals surface area contributed by atoms with E-state index in [-0.39, 0.29) is 23.4 Å². The van der Waals surface area contributed by atoms with Crippen molar-refractivity contribution >= 4 is 11.9 Å². The van der Waals surface area contributed by atoms with Gasteiger partial charge in [0.2, 0.25) is 5.91 Å². The zero-order chi connectivity index (χ0) is 22.1. The third-order valence-corrected chi connectivity index (χ3v) is 5.84. The Morgan fingerprint density at radius 3 is 2.40 bits per heavy atom. The molecule has 1 saturated heterocycles. The van der Waals surface area contributed by atoms with Crippen molar-refractivity contribution in [3.05, 3.63) is 35.4 Å². The van der Waals surface area contributed by atoms with Crippen LogP contribution in [0.25, 0.3) is 0 Å². The van der Waals surface area contributed by atoms with Crippen molar-refractivity contribution in [2.75, 3.05) is 19.8 Å². The molecule has 0 spiro atoms. The zero-order valence-electron chi connectivity index (χ0n) is 18.2. The van der Waals surface area contributed by atoms with Gasteiger partial charge in [-0.1, -0.05) is 32.4 Å². The summed E-state index contributed by atoms with van der Waals surface area (Å²) >= 11 is 0. The van der Waals surface area contributed by atoms with E-state index >= 15 is 0 Å². The van der Waals surface area contributed by atoms with Gasteiger partial charge in [-0.2, -0.15) is 0 Å². The first-order chi connectivity index (χ1) is 14.3. The van der Waals surface area contributed by atoms with Gasteiger partial charge in [0.1, 0.15) is 11.7 Å². The summed E-state index contributed by atoms with van der Waals surface area (Å²) in [5.74, 6) is -0.953. The first-order valence-electron chi connectivity index (χ1n) is 10.9. The number of halogens is 1. The van der Waals surface area contributed by atoms with Gasteiger partial charge in [-0.25, -0.2) is 9.18 Å². The summed E-state index contributed by atoms with van der Waals surface area (Å²) in [7, 11) is 0. The standard InChI is InChI=1S/C23H35FN2O4/c1-4-5-20(24)14-16(2)15-25-23(10-12-30-13-11-23)22(29)26-17(3)18-6-8-19(9-7-18)21(27)28/h6-9,16-17,20,25H,4-5,10-15H2,1-3H3,(H,26,29)(H,27,28)/t16?,17-,20?/m0/s1. The number of nitrogens with one attached hydrogen (secondary N) is 2. The number of ether oxygens (including phenoxy) is 1. The number of rotatable bonds is 11. The molecule has 1 aliphatic heterocycles. The number of carboxylic acids is 1. The number of aromatic carboxylic acids is 1. The number of alkyl halides is 1. The van der Waals surface area contributed by atoms with Gasteiger partial charge in [-0.3, -0.25) is 4.79 Å². The molecular weight excluding hydrogens is 387 g/mol. The Bertz CT molecular complexity index is 689. The third kappa shape index (κ3) is 6.77. The third-order valence-electron chi connectivity index (χ3n) is 5.84. The maximum Gasteiger partial charge on any atom is 0.335 e. The summed E-state index contributed by atoms with van der Waals surface area (Å²) in [5, 5.41) is 15.5. The molecule has 30 heavy (non-hydrogen) atoms.